The Hall–Kier alpha value is -0.120. The van der Waals surface area contributed by atoms with Crippen LogP contribution >= 0.6 is 0 Å². The van der Waals surface area contributed by atoms with Crippen LogP contribution < -0.4 is 5.73 Å². The van der Waals surface area contributed by atoms with E-state index in [0.717, 1.165) is 26.1 Å². The molecule has 2 N–H and O–H groups in total. The molecule has 1 heterocycles. The fourth-order valence-electron chi connectivity index (χ4n) is 2.23. The molecule has 90 valence electrons. The van der Waals surface area contributed by atoms with E-state index in [9.17, 15) is 0 Å². The summed E-state index contributed by atoms with van der Waals surface area (Å²) in [5, 5.41) is 0. The highest BCUT2D eigenvalue weighted by Crippen LogP contribution is 2.13. The summed E-state index contributed by atoms with van der Waals surface area (Å²) < 4.78 is 5.70. The highest BCUT2D eigenvalue weighted by atomic mass is 16.5. The first kappa shape index (κ1) is 12.9. The smallest absolute Gasteiger partial charge is 0.0678 e. The molecule has 15 heavy (non-hydrogen) atoms. The molecule has 0 aliphatic carbocycles. The van der Waals surface area contributed by atoms with Crippen molar-refractivity contribution in [3.05, 3.63) is 0 Å². The van der Waals surface area contributed by atoms with Crippen LogP contribution in [0, 0.1) is 0 Å². The molecule has 0 radical (unpaired) electrons. The molecule has 2 atom stereocenters. The van der Waals surface area contributed by atoms with Gasteiger partial charge in [-0.3, -0.25) is 4.90 Å². The van der Waals surface area contributed by atoms with E-state index in [1.54, 1.807) is 0 Å². The summed E-state index contributed by atoms with van der Waals surface area (Å²) in [4.78, 5) is 2.49. The van der Waals surface area contributed by atoms with E-state index in [1.807, 2.05) is 0 Å². The third-order valence-corrected chi connectivity index (χ3v) is 2.79. The van der Waals surface area contributed by atoms with Gasteiger partial charge in [0.2, 0.25) is 0 Å². The van der Waals surface area contributed by atoms with Gasteiger partial charge in [0.25, 0.3) is 0 Å². The van der Waals surface area contributed by atoms with Crippen LogP contribution in [0.2, 0.25) is 0 Å². The molecular formula is C12H26N2O. The molecular weight excluding hydrogens is 188 g/mol. The van der Waals surface area contributed by atoms with Gasteiger partial charge in [-0.1, -0.05) is 0 Å². The molecule has 0 aromatic heterocycles. The topological polar surface area (TPSA) is 38.5 Å². The third kappa shape index (κ3) is 5.50. The molecule has 0 saturated carbocycles. The minimum absolute atomic E-state index is 0.0243. The molecule has 2 unspecified atom stereocenters. The largest absolute Gasteiger partial charge is 0.373 e. The Morgan fingerprint density at radius 1 is 1.27 bits per heavy atom. The number of morpholine rings is 1. The Morgan fingerprint density at radius 2 is 1.80 bits per heavy atom. The first-order valence-electron chi connectivity index (χ1n) is 6.03. The molecule has 0 bridgehead atoms. The quantitative estimate of drug-likeness (QED) is 0.773. The highest BCUT2D eigenvalue weighted by Gasteiger charge is 2.22. The van der Waals surface area contributed by atoms with Crippen molar-refractivity contribution in [1.82, 2.24) is 4.90 Å². The number of nitrogens with two attached hydrogens (primary N) is 1. The van der Waals surface area contributed by atoms with E-state index >= 15 is 0 Å². The Labute approximate surface area is 94.0 Å². The molecule has 0 aromatic rings. The van der Waals surface area contributed by atoms with Crippen molar-refractivity contribution >= 4 is 0 Å². The maximum atomic E-state index is 5.96. The van der Waals surface area contributed by atoms with Crippen LogP contribution in [0.15, 0.2) is 0 Å². The SMILES string of the molecule is CC1CN(CCCC(C)(C)N)CC(C)O1. The van der Waals surface area contributed by atoms with Crippen LogP contribution in [-0.4, -0.2) is 42.3 Å². The highest BCUT2D eigenvalue weighted by molar-refractivity contribution is 4.76. The lowest BCUT2D eigenvalue weighted by atomic mass is 10.00. The van der Waals surface area contributed by atoms with E-state index in [0.29, 0.717) is 12.2 Å². The fraction of sp³-hybridized carbons (Fsp3) is 1.00. The van der Waals surface area contributed by atoms with Crippen LogP contribution in [0.1, 0.15) is 40.5 Å². The predicted molar refractivity (Wildman–Crippen MR) is 63.9 cm³/mol. The van der Waals surface area contributed by atoms with Gasteiger partial charge in [-0.15, -0.1) is 0 Å². The molecule has 3 heteroatoms. The van der Waals surface area contributed by atoms with Gasteiger partial charge in [-0.25, -0.2) is 0 Å². The summed E-state index contributed by atoms with van der Waals surface area (Å²) in [7, 11) is 0. The van der Waals surface area contributed by atoms with E-state index in [4.69, 9.17) is 10.5 Å². The van der Waals surface area contributed by atoms with Crippen molar-refractivity contribution in [3.63, 3.8) is 0 Å². The first-order valence-corrected chi connectivity index (χ1v) is 6.03. The van der Waals surface area contributed by atoms with Crippen LogP contribution in [-0.2, 0) is 4.74 Å². The maximum absolute atomic E-state index is 5.96. The van der Waals surface area contributed by atoms with Crippen LogP contribution in [0.4, 0.5) is 0 Å². The summed E-state index contributed by atoms with van der Waals surface area (Å²) in [5.41, 5.74) is 5.94. The fourth-order valence-corrected chi connectivity index (χ4v) is 2.23. The second kappa shape index (κ2) is 5.28. The Morgan fingerprint density at radius 3 is 2.27 bits per heavy atom. The van der Waals surface area contributed by atoms with E-state index < -0.39 is 0 Å². The van der Waals surface area contributed by atoms with Gasteiger partial charge >= 0.3 is 0 Å². The standard InChI is InChI=1S/C12H26N2O/c1-10-8-14(9-11(2)15-10)7-5-6-12(3,4)13/h10-11H,5-9,13H2,1-4H3. The van der Waals surface area contributed by atoms with Gasteiger partial charge in [0, 0.05) is 18.6 Å². The average Bonchev–Trinajstić information content (AvgIpc) is 1.99. The van der Waals surface area contributed by atoms with Crippen molar-refractivity contribution in [2.45, 2.75) is 58.3 Å². The minimum Gasteiger partial charge on any atom is -0.373 e. The van der Waals surface area contributed by atoms with Crippen molar-refractivity contribution in [2.75, 3.05) is 19.6 Å². The number of hydrogen-bond donors (Lipinski definition) is 1. The Balaban J connectivity index is 2.21. The maximum Gasteiger partial charge on any atom is 0.0678 e. The molecule has 1 aliphatic rings. The van der Waals surface area contributed by atoms with Crippen LogP contribution in [0.3, 0.4) is 0 Å². The summed E-state index contributed by atoms with van der Waals surface area (Å²) in [6, 6.07) is 0. The zero-order valence-electron chi connectivity index (χ0n) is 10.6. The van der Waals surface area contributed by atoms with Gasteiger partial charge in [0.15, 0.2) is 0 Å². The number of rotatable bonds is 4. The number of nitrogens with zero attached hydrogens (tertiary/aromatic N) is 1. The third-order valence-electron chi connectivity index (χ3n) is 2.79. The van der Waals surface area contributed by atoms with Gasteiger partial charge in [0.1, 0.15) is 0 Å². The normalized spacial score (nSPS) is 29.4. The predicted octanol–water partition coefficient (Wildman–Crippen LogP) is 1.61. The average molecular weight is 214 g/mol. The molecule has 3 nitrogen and oxygen atoms in total. The Bertz CT molecular complexity index is 179. The van der Waals surface area contributed by atoms with Crippen LogP contribution in [0.25, 0.3) is 0 Å². The van der Waals surface area contributed by atoms with Crippen molar-refractivity contribution in [1.29, 1.82) is 0 Å². The molecule has 0 spiro atoms. The molecule has 0 amide bonds. The molecule has 1 rings (SSSR count). The summed E-state index contributed by atoms with van der Waals surface area (Å²) >= 11 is 0. The molecule has 1 fully saturated rings. The zero-order chi connectivity index (χ0) is 11.5. The van der Waals surface area contributed by atoms with Gasteiger partial charge < -0.3 is 10.5 Å². The van der Waals surface area contributed by atoms with Crippen molar-refractivity contribution in [3.8, 4) is 0 Å². The van der Waals surface area contributed by atoms with E-state index in [1.165, 1.54) is 6.42 Å². The molecule has 1 saturated heterocycles. The summed E-state index contributed by atoms with van der Waals surface area (Å²) in [6.45, 7) is 11.8. The summed E-state index contributed by atoms with van der Waals surface area (Å²) in [5.74, 6) is 0. The second-order valence-corrected chi connectivity index (χ2v) is 5.61. The van der Waals surface area contributed by atoms with Gasteiger partial charge in [-0.2, -0.15) is 0 Å². The number of hydrogen-bond acceptors (Lipinski definition) is 3. The minimum atomic E-state index is -0.0243. The van der Waals surface area contributed by atoms with Crippen molar-refractivity contribution < 1.29 is 4.74 Å². The zero-order valence-corrected chi connectivity index (χ0v) is 10.6. The molecule has 0 aromatic carbocycles. The van der Waals surface area contributed by atoms with Crippen molar-refractivity contribution in [2.24, 2.45) is 5.73 Å². The van der Waals surface area contributed by atoms with Crippen LogP contribution in [0.5, 0.6) is 0 Å². The lowest BCUT2D eigenvalue weighted by molar-refractivity contribution is -0.0683. The summed E-state index contributed by atoms with van der Waals surface area (Å²) in [6.07, 6.45) is 3.02. The van der Waals surface area contributed by atoms with Gasteiger partial charge in [0.05, 0.1) is 12.2 Å². The lowest BCUT2D eigenvalue weighted by Crippen LogP contribution is -2.46. The Kier molecular flexibility index (Phi) is 4.56. The monoisotopic (exact) mass is 214 g/mol. The second-order valence-electron chi connectivity index (χ2n) is 5.61. The molecule has 1 aliphatic heterocycles. The first-order chi connectivity index (χ1) is 6.87. The number of ether oxygens (including phenoxy) is 1. The van der Waals surface area contributed by atoms with E-state index in [2.05, 4.69) is 32.6 Å². The lowest BCUT2D eigenvalue weighted by Gasteiger charge is -2.35. The van der Waals surface area contributed by atoms with Gasteiger partial charge in [-0.05, 0) is 47.1 Å². The van der Waals surface area contributed by atoms with E-state index in [-0.39, 0.29) is 5.54 Å².